The first kappa shape index (κ1) is 11.2. The zero-order chi connectivity index (χ0) is 13.5. The molecule has 1 aromatic heterocycles. The van der Waals surface area contributed by atoms with E-state index in [1.807, 2.05) is 6.20 Å². The van der Waals surface area contributed by atoms with Gasteiger partial charge in [0.2, 0.25) is 0 Å². The summed E-state index contributed by atoms with van der Waals surface area (Å²) in [5.41, 5.74) is 2.45. The van der Waals surface area contributed by atoms with Gasteiger partial charge in [-0.15, -0.1) is 0 Å². The molecule has 20 heavy (non-hydrogen) atoms. The molecule has 0 fully saturated rings. The number of imidazole rings is 1. The van der Waals surface area contributed by atoms with Crippen LogP contribution in [0.15, 0.2) is 60.9 Å². The Hall–Kier alpha value is -2.61. The molecule has 0 amide bonds. The molecule has 0 atom stereocenters. The summed E-state index contributed by atoms with van der Waals surface area (Å²) < 4.78 is 0. The van der Waals surface area contributed by atoms with Gasteiger partial charge in [-0.25, -0.2) is 4.98 Å². The zero-order valence-corrected chi connectivity index (χ0v) is 11.2. The molecule has 0 aliphatic rings. The van der Waals surface area contributed by atoms with Crippen molar-refractivity contribution in [2.45, 2.75) is 6.92 Å². The van der Waals surface area contributed by atoms with Gasteiger partial charge in [0.05, 0.1) is 0 Å². The van der Waals surface area contributed by atoms with Gasteiger partial charge in [0.25, 0.3) is 0 Å². The number of hydrogen-bond acceptors (Lipinski definition) is 1. The van der Waals surface area contributed by atoms with Gasteiger partial charge in [-0.2, -0.15) is 0 Å². The lowest BCUT2D eigenvalue weighted by molar-refractivity contribution is 1.32. The van der Waals surface area contributed by atoms with Crippen molar-refractivity contribution in [3.63, 3.8) is 0 Å². The Kier molecular flexibility index (Phi) is 2.36. The van der Waals surface area contributed by atoms with Gasteiger partial charge >= 0.3 is 0 Å². The van der Waals surface area contributed by atoms with Gasteiger partial charge in [0.1, 0.15) is 5.82 Å². The zero-order valence-electron chi connectivity index (χ0n) is 11.2. The highest BCUT2D eigenvalue weighted by molar-refractivity contribution is 6.11. The molecule has 0 unspecified atom stereocenters. The fourth-order valence-corrected chi connectivity index (χ4v) is 2.83. The van der Waals surface area contributed by atoms with E-state index in [1.54, 1.807) is 6.20 Å². The summed E-state index contributed by atoms with van der Waals surface area (Å²) in [6.45, 7) is 2.13. The topological polar surface area (TPSA) is 28.7 Å². The highest BCUT2D eigenvalue weighted by Crippen LogP contribution is 2.34. The van der Waals surface area contributed by atoms with E-state index in [4.69, 9.17) is 0 Å². The molecule has 4 aromatic rings. The molecule has 0 saturated carbocycles. The van der Waals surface area contributed by atoms with Crippen molar-refractivity contribution in [3.8, 4) is 11.4 Å². The molecule has 2 heteroatoms. The first-order valence-electron chi connectivity index (χ1n) is 6.75. The number of fused-ring (bicyclic) bond motifs is 2. The highest BCUT2D eigenvalue weighted by atomic mass is 14.9. The summed E-state index contributed by atoms with van der Waals surface area (Å²) in [5, 5.41) is 4.98. The second-order valence-corrected chi connectivity index (χ2v) is 5.14. The summed E-state index contributed by atoms with van der Waals surface area (Å²) in [5.74, 6) is 0.928. The minimum absolute atomic E-state index is 0.928. The molecular formula is C18H14N2. The van der Waals surface area contributed by atoms with Crippen LogP contribution >= 0.6 is 0 Å². The van der Waals surface area contributed by atoms with Crippen LogP contribution in [0, 0.1) is 6.92 Å². The monoisotopic (exact) mass is 258 g/mol. The van der Waals surface area contributed by atoms with Gasteiger partial charge in [-0.3, -0.25) is 0 Å². The van der Waals surface area contributed by atoms with Crippen LogP contribution in [0.5, 0.6) is 0 Å². The molecule has 1 heterocycles. The van der Waals surface area contributed by atoms with Crippen LogP contribution in [0.25, 0.3) is 32.9 Å². The molecule has 0 aliphatic carbocycles. The lowest BCUT2D eigenvalue weighted by atomic mass is 9.95. The van der Waals surface area contributed by atoms with Crippen molar-refractivity contribution >= 4 is 21.5 Å². The van der Waals surface area contributed by atoms with Gasteiger partial charge < -0.3 is 4.98 Å². The molecule has 4 rings (SSSR count). The van der Waals surface area contributed by atoms with Crippen LogP contribution in [0.1, 0.15) is 5.56 Å². The maximum Gasteiger partial charge on any atom is 0.138 e. The number of aromatic amines is 1. The average Bonchev–Trinajstić information content (AvgIpc) is 2.98. The normalized spacial score (nSPS) is 11.2. The van der Waals surface area contributed by atoms with E-state index >= 15 is 0 Å². The van der Waals surface area contributed by atoms with Crippen LogP contribution in [0.2, 0.25) is 0 Å². The van der Waals surface area contributed by atoms with Crippen LogP contribution in [0.3, 0.4) is 0 Å². The maximum absolute atomic E-state index is 4.46. The highest BCUT2D eigenvalue weighted by Gasteiger charge is 2.11. The fourth-order valence-electron chi connectivity index (χ4n) is 2.83. The van der Waals surface area contributed by atoms with Crippen molar-refractivity contribution in [3.05, 3.63) is 66.5 Å². The number of aromatic nitrogens is 2. The maximum atomic E-state index is 4.46. The molecule has 3 aromatic carbocycles. The largest absolute Gasteiger partial charge is 0.345 e. The number of nitrogens with zero attached hydrogens (tertiary/aromatic N) is 1. The molecule has 96 valence electrons. The van der Waals surface area contributed by atoms with Crippen molar-refractivity contribution in [2.24, 2.45) is 0 Å². The van der Waals surface area contributed by atoms with Gasteiger partial charge in [-0.05, 0) is 34.5 Å². The lowest BCUT2D eigenvalue weighted by Gasteiger charge is -2.10. The molecular weight excluding hydrogens is 244 g/mol. The van der Waals surface area contributed by atoms with E-state index in [-0.39, 0.29) is 0 Å². The van der Waals surface area contributed by atoms with E-state index in [1.165, 1.54) is 32.7 Å². The molecule has 0 bridgehead atoms. The number of H-pyrrole nitrogens is 1. The van der Waals surface area contributed by atoms with Crippen molar-refractivity contribution in [1.82, 2.24) is 9.97 Å². The van der Waals surface area contributed by atoms with Crippen LogP contribution in [0.4, 0.5) is 0 Å². The Morgan fingerprint density at radius 2 is 1.75 bits per heavy atom. The van der Waals surface area contributed by atoms with E-state index in [9.17, 15) is 0 Å². The fraction of sp³-hybridized carbons (Fsp3) is 0.0556. The number of rotatable bonds is 1. The number of hydrogen-bond donors (Lipinski definition) is 1. The summed E-state index contributed by atoms with van der Waals surface area (Å²) in [4.78, 5) is 7.71. The predicted octanol–water partition coefficient (Wildman–Crippen LogP) is 4.69. The van der Waals surface area contributed by atoms with Gasteiger partial charge in [0.15, 0.2) is 0 Å². The van der Waals surface area contributed by atoms with E-state index in [0.717, 1.165) is 5.82 Å². The van der Waals surface area contributed by atoms with E-state index in [0.29, 0.717) is 0 Å². The Morgan fingerprint density at radius 1 is 0.900 bits per heavy atom. The summed E-state index contributed by atoms with van der Waals surface area (Å²) in [6, 6.07) is 17.3. The molecule has 1 N–H and O–H groups in total. The molecule has 0 radical (unpaired) electrons. The third-order valence-electron chi connectivity index (χ3n) is 3.75. The van der Waals surface area contributed by atoms with Crippen molar-refractivity contribution in [2.75, 3.05) is 0 Å². The first-order valence-corrected chi connectivity index (χ1v) is 6.75. The van der Waals surface area contributed by atoms with Crippen LogP contribution in [-0.4, -0.2) is 9.97 Å². The quantitative estimate of drug-likeness (QED) is 0.493. The summed E-state index contributed by atoms with van der Waals surface area (Å²) in [6.07, 6.45) is 3.68. The molecule has 0 aliphatic heterocycles. The van der Waals surface area contributed by atoms with Gasteiger partial charge in [-0.1, -0.05) is 48.0 Å². The average molecular weight is 258 g/mol. The van der Waals surface area contributed by atoms with Crippen molar-refractivity contribution in [1.29, 1.82) is 0 Å². The van der Waals surface area contributed by atoms with Crippen molar-refractivity contribution < 1.29 is 0 Å². The van der Waals surface area contributed by atoms with Gasteiger partial charge in [0, 0.05) is 18.0 Å². The second-order valence-electron chi connectivity index (χ2n) is 5.14. The third kappa shape index (κ3) is 1.62. The van der Waals surface area contributed by atoms with Crippen LogP contribution < -0.4 is 0 Å². The Labute approximate surface area is 117 Å². The van der Waals surface area contributed by atoms with E-state index in [2.05, 4.69) is 65.4 Å². The van der Waals surface area contributed by atoms with E-state index < -0.39 is 0 Å². The third-order valence-corrected chi connectivity index (χ3v) is 3.75. The Bertz CT molecular complexity index is 905. The predicted molar refractivity (Wildman–Crippen MR) is 83.8 cm³/mol. The molecule has 0 saturated heterocycles. The number of nitrogens with one attached hydrogen (secondary N) is 1. The molecule has 2 nitrogen and oxygen atoms in total. The summed E-state index contributed by atoms with van der Waals surface area (Å²) in [7, 11) is 0. The van der Waals surface area contributed by atoms with Crippen LogP contribution in [-0.2, 0) is 0 Å². The summed E-state index contributed by atoms with van der Waals surface area (Å²) >= 11 is 0. The second kappa shape index (κ2) is 4.20. The number of aryl methyl sites for hydroxylation is 1. The Morgan fingerprint density at radius 3 is 2.60 bits per heavy atom. The SMILES string of the molecule is Cc1ccc2cc3ccccc3c(-c3ncc[nH]3)c2c1. The minimum atomic E-state index is 0.928. The smallest absolute Gasteiger partial charge is 0.138 e. The standard InChI is InChI=1S/C18H14N2/c1-12-6-7-14-11-13-4-2-3-5-15(13)17(16(14)10-12)18-19-8-9-20-18/h2-11H,1H3,(H,19,20). The lowest BCUT2D eigenvalue weighted by Crippen LogP contribution is -1.88. The first-order chi connectivity index (χ1) is 9.83. The Balaban J connectivity index is 2.26. The number of benzene rings is 3. The molecule has 0 spiro atoms. The minimum Gasteiger partial charge on any atom is -0.345 e.